The van der Waals surface area contributed by atoms with E-state index >= 15 is 0 Å². The minimum absolute atomic E-state index is 0.238. The minimum Gasteiger partial charge on any atom is -0.493 e. The molecule has 5 rings (SSSR count). The highest BCUT2D eigenvalue weighted by molar-refractivity contribution is 7.90. The van der Waals surface area contributed by atoms with E-state index in [-0.39, 0.29) is 4.90 Å². The number of rotatable bonds is 6. The molecule has 33 heavy (non-hydrogen) atoms. The van der Waals surface area contributed by atoms with E-state index in [9.17, 15) is 8.42 Å². The highest BCUT2D eigenvalue weighted by Gasteiger charge is 2.18. The first kappa shape index (κ1) is 20.8. The summed E-state index contributed by atoms with van der Waals surface area (Å²) in [6, 6.07) is 19.2. The van der Waals surface area contributed by atoms with Gasteiger partial charge in [-0.25, -0.2) is 22.4 Å². The number of nitrogens with zero attached hydrogens (tertiary/aromatic N) is 3. The van der Waals surface area contributed by atoms with Crippen molar-refractivity contribution in [3.05, 3.63) is 79.3 Å². The molecule has 5 aromatic rings. The van der Waals surface area contributed by atoms with Crippen LogP contribution in [0, 0.1) is 0 Å². The number of ether oxygens (including phenoxy) is 2. The molecule has 0 fully saturated rings. The molecule has 0 spiro atoms. The number of methoxy groups -OCH3 is 2. The average Bonchev–Trinajstić information content (AvgIpc) is 3.28. The molecule has 0 atom stereocenters. The number of fused-ring (bicyclic) bond motifs is 2. The van der Waals surface area contributed by atoms with Gasteiger partial charge >= 0.3 is 0 Å². The third-order valence-corrected chi connectivity index (χ3v) is 7.06. The molecule has 3 aromatic carbocycles. The highest BCUT2D eigenvalue weighted by atomic mass is 32.2. The molecule has 0 radical (unpaired) electrons. The summed E-state index contributed by atoms with van der Waals surface area (Å²) in [5, 5.41) is 4.84. The van der Waals surface area contributed by atoms with Crippen LogP contribution in [0.4, 0.5) is 11.5 Å². The zero-order chi connectivity index (χ0) is 23.0. The molecule has 0 saturated carbocycles. The van der Waals surface area contributed by atoms with E-state index in [1.807, 2.05) is 18.2 Å². The third-order valence-electron chi connectivity index (χ3n) is 5.36. The Labute approximate surface area is 190 Å². The zero-order valence-electron chi connectivity index (χ0n) is 17.9. The van der Waals surface area contributed by atoms with E-state index < -0.39 is 10.0 Å². The first-order valence-corrected chi connectivity index (χ1v) is 11.5. The van der Waals surface area contributed by atoms with Gasteiger partial charge in [-0.15, -0.1) is 0 Å². The fourth-order valence-corrected chi connectivity index (χ4v) is 5.10. The normalized spacial score (nSPS) is 11.6. The molecule has 0 bridgehead atoms. The molecule has 2 heterocycles. The monoisotopic (exact) mass is 460 g/mol. The summed E-state index contributed by atoms with van der Waals surface area (Å²) >= 11 is 0. The molecule has 0 aliphatic rings. The van der Waals surface area contributed by atoms with Crippen LogP contribution in [0.15, 0.2) is 84.1 Å². The van der Waals surface area contributed by atoms with Crippen molar-refractivity contribution < 1.29 is 17.9 Å². The molecule has 0 saturated heterocycles. The van der Waals surface area contributed by atoms with Gasteiger partial charge in [0.2, 0.25) is 0 Å². The van der Waals surface area contributed by atoms with Crippen molar-refractivity contribution in [2.75, 3.05) is 19.5 Å². The summed E-state index contributed by atoms with van der Waals surface area (Å²) in [5.74, 6) is 1.75. The van der Waals surface area contributed by atoms with E-state index in [1.54, 1.807) is 68.9 Å². The molecule has 2 aromatic heterocycles. The first-order valence-electron chi connectivity index (χ1n) is 10.1. The molecule has 0 unspecified atom stereocenters. The number of benzene rings is 3. The smallest absolute Gasteiger partial charge is 0.268 e. The van der Waals surface area contributed by atoms with Crippen LogP contribution in [0.3, 0.4) is 0 Å². The molecular weight excluding hydrogens is 440 g/mol. The second-order valence-corrected chi connectivity index (χ2v) is 9.09. The Hall–Kier alpha value is -4.11. The Balaban J connectivity index is 1.53. The molecule has 9 heteroatoms. The van der Waals surface area contributed by atoms with Crippen molar-refractivity contribution in [3.63, 3.8) is 0 Å². The van der Waals surface area contributed by atoms with Gasteiger partial charge in [-0.05, 0) is 42.5 Å². The van der Waals surface area contributed by atoms with Crippen molar-refractivity contribution in [1.82, 2.24) is 13.9 Å². The van der Waals surface area contributed by atoms with Crippen LogP contribution in [-0.2, 0) is 10.0 Å². The van der Waals surface area contributed by atoms with Crippen LogP contribution < -0.4 is 14.8 Å². The van der Waals surface area contributed by atoms with Gasteiger partial charge < -0.3 is 14.8 Å². The Bertz CT molecular complexity index is 1580. The molecular formula is C24H20N4O4S. The third kappa shape index (κ3) is 3.62. The highest BCUT2D eigenvalue weighted by Crippen LogP contribution is 2.35. The maximum atomic E-state index is 13.1. The summed E-state index contributed by atoms with van der Waals surface area (Å²) in [6.45, 7) is 0. The topological polar surface area (TPSA) is 95.3 Å². The second kappa shape index (κ2) is 8.10. The lowest BCUT2D eigenvalue weighted by Crippen LogP contribution is -2.11. The molecule has 8 nitrogen and oxygen atoms in total. The Morgan fingerprint density at radius 2 is 1.64 bits per heavy atom. The van der Waals surface area contributed by atoms with E-state index in [1.165, 1.54) is 10.3 Å². The summed E-state index contributed by atoms with van der Waals surface area (Å²) in [6.07, 6.45) is 3.03. The molecule has 0 aliphatic carbocycles. The van der Waals surface area contributed by atoms with E-state index in [0.717, 1.165) is 16.5 Å². The van der Waals surface area contributed by atoms with Crippen molar-refractivity contribution >= 4 is 43.3 Å². The van der Waals surface area contributed by atoms with Gasteiger partial charge in [0.15, 0.2) is 11.5 Å². The van der Waals surface area contributed by atoms with Crippen molar-refractivity contribution in [3.8, 4) is 11.5 Å². The maximum absolute atomic E-state index is 13.1. The van der Waals surface area contributed by atoms with Gasteiger partial charge in [0, 0.05) is 28.7 Å². The Morgan fingerprint density at radius 1 is 0.879 bits per heavy atom. The number of anilines is 2. The van der Waals surface area contributed by atoms with Gasteiger partial charge in [0.1, 0.15) is 12.1 Å². The lowest BCUT2D eigenvalue weighted by Gasteiger charge is -2.12. The predicted octanol–water partition coefficient (Wildman–Crippen LogP) is 4.58. The summed E-state index contributed by atoms with van der Waals surface area (Å²) in [5.41, 5.74) is 2.04. The average molecular weight is 461 g/mol. The van der Waals surface area contributed by atoms with Crippen LogP contribution in [0.5, 0.6) is 11.5 Å². The van der Waals surface area contributed by atoms with Gasteiger partial charge in [0.05, 0.1) is 30.1 Å². The quantitative estimate of drug-likeness (QED) is 0.396. The molecule has 0 amide bonds. The first-order chi connectivity index (χ1) is 16.0. The lowest BCUT2D eigenvalue weighted by atomic mass is 10.2. The summed E-state index contributed by atoms with van der Waals surface area (Å²) in [4.78, 5) is 8.94. The fourth-order valence-electron chi connectivity index (χ4n) is 3.73. The number of aromatic nitrogens is 3. The molecule has 1 N–H and O–H groups in total. The SMILES string of the molecule is COc1cc2ncnc(Nc3ccc4c(ccn4S(=O)(=O)c4ccccc4)c3)c2cc1OC. The number of hydrogen-bond donors (Lipinski definition) is 1. The minimum atomic E-state index is -3.69. The maximum Gasteiger partial charge on any atom is 0.268 e. The van der Waals surface area contributed by atoms with Gasteiger partial charge in [0.25, 0.3) is 10.0 Å². The number of hydrogen-bond acceptors (Lipinski definition) is 7. The van der Waals surface area contributed by atoms with Crippen LogP contribution in [0.1, 0.15) is 0 Å². The number of nitrogens with one attached hydrogen (secondary N) is 1. The Kier molecular flexibility index (Phi) is 5.10. The summed E-state index contributed by atoms with van der Waals surface area (Å²) in [7, 11) is -0.542. The van der Waals surface area contributed by atoms with Crippen LogP contribution >= 0.6 is 0 Å². The summed E-state index contributed by atoms with van der Waals surface area (Å²) < 4.78 is 38.2. The molecule has 166 valence electrons. The van der Waals surface area contributed by atoms with Gasteiger partial charge in [-0.2, -0.15) is 0 Å². The van der Waals surface area contributed by atoms with E-state index in [4.69, 9.17) is 9.47 Å². The predicted molar refractivity (Wildman–Crippen MR) is 127 cm³/mol. The van der Waals surface area contributed by atoms with Crippen LogP contribution in [0.25, 0.3) is 21.8 Å². The van der Waals surface area contributed by atoms with Crippen LogP contribution in [-0.4, -0.2) is 36.6 Å². The Morgan fingerprint density at radius 3 is 2.39 bits per heavy atom. The standard InChI is InChI=1S/C24H20N4O4S/c1-31-22-13-19-20(14-23(22)32-2)25-15-26-24(19)27-17-8-9-21-16(12-17)10-11-28(21)33(29,30)18-6-4-3-5-7-18/h3-15H,1-2H3,(H,25,26,27). The fraction of sp³-hybridized carbons (Fsp3) is 0.0833. The molecule has 0 aliphatic heterocycles. The van der Waals surface area contributed by atoms with Crippen molar-refractivity contribution in [2.45, 2.75) is 4.90 Å². The van der Waals surface area contributed by atoms with Gasteiger partial charge in [-0.3, -0.25) is 0 Å². The van der Waals surface area contributed by atoms with Gasteiger partial charge in [-0.1, -0.05) is 18.2 Å². The van der Waals surface area contributed by atoms with Crippen molar-refractivity contribution in [2.24, 2.45) is 0 Å². The second-order valence-electron chi connectivity index (χ2n) is 7.27. The van der Waals surface area contributed by atoms with E-state index in [0.29, 0.717) is 28.4 Å². The largest absolute Gasteiger partial charge is 0.493 e. The van der Waals surface area contributed by atoms with Crippen molar-refractivity contribution in [1.29, 1.82) is 0 Å². The lowest BCUT2D eigenvalue weighted by molar-refractivity contribution is 0.356. The van der Waals surface area contributed by atoms with E-state index in [2.05, 4.69) is 15.3 Å². The zero-order valence-corrected chi connectivity index (χ0v) is 18.7. The van der Waals surface area contributed by atoms with Crippen LogP contribution in [0.2, 0.25) is 0 Å².